The number of phosphoric ester groups is 1. The lowest BCUT2D eigenvalue weighted by Crippen LogP contribution is -2.47. The average Bonchev–Trinajstić information content (AvgIpc) is 3.36. The van der Waals surface area contributed by atoms with Gasteiger partial charge in [0.15, 0.2) is 0 Å². The summed E-state index contributed by atoms with van der Waals surface area (Å²) in [4.78, 5) is 37.6. The van der Waals surface area contributed by atoms with E-state index in [1.807, 2.05) is 39.4 Å². The molecule has 0 heterocycles. The van der Waals surface area contributed by atoms with Gasteiger partial charge in [-0.2, -0.15) is 0 Å². The SMILES string of the molecule is CC/C=C\C/C=C\C/C=C\C/C=C\C/C=C\C/C=C\CCC(=O)OC(/C=C/CCCCCCCCCCCCC)C(COP(=O)(O)OCC[N+](C)(C)C)NC(=O)CCCCCCCCCCCCCCCCCC. The maximum Gasteiger partial charge on any atom is 0.472 e. The van der Waals surface area contributed by atoms with Crippen molar-refractivity contribution in [1.29, 1.82) is 0 Å². The van der Waals surface area contributed by atoms with Gasteiger partial charge in [-0.1, -0.05) is 260 Å². The summed E-state index contributed by atoms with van der Waals surface area (Å²) in [6, 6.07) is -0.880. The fourth-order valence-electron chi connectivity index (χ4n) is 8.44. The predicted octanol–water partition coefficient (Wildman–Crippen LogP) is 18.6. The number of quaternary nitrogens is 1. The van der Waals surface area contributed by atoms with E-state index in [9.17, 15) is 19.0 Å². The zero-order valence-corrected chi connectivity index (χ0v) is 49.7. The molecule has 0 radical (unpaired) electrons. The van der Waals surface area contributed by atoms with Gasteiger partial charge >= 0.3 is 13.8 Å². The minimum atomic E-state index is -4.47. The third kappa shape index (κ3) is 54.0. The highest BCUT2D eigenvalue weighted by Crippen LogP contribution is 2.43. The van der Waals surface area contributed by atoms with Crippen LogP contribution in [0.3, 0.4) is 0 Å². The second-order valence-electron chi connectivity index (χ2n) is 21.5. The van der Waals surface area contributed by atoms with E-state index in [1.165, 1.54) is 141 Å². The van der Waals surface area contributed by atoms with Crippen molar-refractivity contribution in [3.8, 4) is 0 Å². The molecule has 3 unspecified atom stereocenters. The molecular formula is C64H116N2O7P+. The molecule has 0 aliphatic heterocycles. The lowest BCUT2D eigenvalue weighted by molar-refractivity contribution is -0.870. The van der Waals surface area contributed by atoms with E-state index in [-0.39, 0.29) is 25.5 Å². The number of allylic oxidation sites excluding steroid dienone is 13. The minimum absolute atomic E-state index is 0.0272. The highest BCUT2D eigenvalue weighted by molar-refractivity contribution is 7.47. The van der Waals surface area contributed by atoms with E-state index in [0.29, 0.717) is 23.9 Å². The van der Waals surface area contributed by atoms with Gasteiger partial charge in [0.2, 0.25) is 5.91 Å². The van der Waals surface area contributed by atoms with Gasteiger partial charge in [0.1, 0.15) is 19.3 Å². The smallest absolute Gasteiger partial charge is 0.456 e. The first-order valence-corrected chi connectivity index (χ1v) is 31.9. The van der Waals surface area contributed by atoms with E-state index in [2.05, 4.69) is 92.9 Å². The van der Waals surface area contributed by atoms with Crippen molar-refractivity contribution in [3.05, 3.63) is 85.1 Å². The molecule has 0 spiro atoms. The van der Waals surface area contributed by atoms with Crippen molar-refractivity contribution in [3.63, 3.8) is 0 Å². The molecule has 0 aliphatic carbocycles. The number of nitrogens with one attached hydrogen (secondary N) is 1. The first-order valence-electron chi connectivity index (χ1n) is 30.4. The number of phosphoric acid groups is 1. The van der Waals surface area contributed by atoms with Crippen LogP contribution in [0.15, 0.2) is 85.1 Å². The Kier molecular flexibility index (Phi) is 51.5. The molecule has 1 amide bonds. The summed E-state index contributed by atoms with van der Waals surface area (Å²) in [6.07, 6.45) is 70.2. The molecule has 0 aromatic heterocycles. The quantitative estimate of drug-likeness (QED) is 0.0205. The van der Waals surface area contributed by atoms with Crippen LogP contribution in [0.25, 0.3) is 0 Å². The number of amides is 1. The number of hydrogen-bond acceptors (Lipinski definition) is 6. The van der Waals surface area contributed by atoms with Crippen LogP contribution in [0.5, 0.6) is 0 Å². The molecule has 3 atom stereocenters. The Labute approximate surface area is 456 Å². The number of carbonyl (C=O) groups is 2. The Balaban J connectivity index is 5.43. The van der Waals surface area contributed by atoms with Crippen LogP contribution in [0.1, 0.15) is 258 Å². The molecule has 0 fully saturated rings. The van der Waals surface area contributed by atoms with Gasteiger partial charge in [-0.3, -0.25) is 18.6 Å². The summed E-state index contributed by atoms with van der Waals surface area (Å²) in [6.45, 7) is 6.86. The van der Waals surface area contributed by atoms with E-state index in [0.717, 1.165) is 77.0 Å². The standard InChI is InChI=1S/C64H115N2O7P/c1-7-10-13-16-19-22-25-28-30-32-33-34-36-39-42-45-48-51-54-57-64(68)73-62(55-52-49-46-43-40-37-27-24-21-18-15-12-9-3)61(60-72-74(69,70)71-59-58-66(4,5)6)65-63(67)56-53-50-47-44-41-38-35-31-29-26-23-20-17-14-11-8-2/h10,13,19,22,28,30,33-34,39,42,48,51-52,55,61-62H,7-9,11-12,14-18,20-21,23-27,29,31-32,35-38,40-41,43-47,49-50,53-54,56-60H2,1-6H3,(H-,65,67,69,70)/p+1/b13-10-,22-19-,30-28-,34-33-,42-39-,51-48-,55-52+. The van der Waals surface area contributed by atoms with E-state index >= 15 is 0 Å². The number of carbonyl (C=O) groups excluding carboxylic acids is 2. The van der Waals surface area contributed by atoms with Crippen LogP contribution in [0, 0.1) is 0 Å². The normalized spacial score (nSPS) is 14.3. The van der Waals surface area contributed by atoms with Crippen LogP contribution >= 0.6 is 7.82 Å². The Morgan fingerprint density at radius 2 is 0.878 bits per heavy atom. The Hall–Kier alpha value is -2.81. The zero-order chi connectivity index (χ0) is 54.3. The molecule has 0 saturated carbocycles. The minimum Gasteiger partial charge on any atom is -0.456 e. The first-order chi connectivity index (χ1) is 35.9. The summed E-state index contributed by atoms with van der Waals surface area (Å²) in [5, 5.41) is 3.04. The summed E-state index contributed by atoms with van der Waals surface area (Å²) >= 11 is 0. The van der Waals surface area contributed by atoms with Crippen molar-refractivity contribution in [2.24, 2.45) is 0 Å². The topological polar surface area (TPSA) is 111 Å². The molecule has 0 aliphatic rings. The third-order valence-electron chi connectivity index (χ3n) is 13.1. The molecule has 0 aromatic carbocycles. The van der Waals surface area contributed by atoms with Gasteiger partial charge in [-0.15, -0.1) is 0 Å². The largest absolute Gasteiger partial charge is 0.472 e. The summed E-state index contributed by atoms with van der Waals surface area (Å²) in [7, 11) is 1.46. The Morgan fingerprint density at radius 1 is 0.486 bits per heavy atom. The van der Waals surface area contributed by atoms with E-state index < -0.39 is 25.9 Å². The monoisotopic (exact) mass is 1060 g/mol. The summed E-state index contributed by atoms with van der Waals surface area (Å²) < 4.78 is 30.6. The molecule has 0 aromatic rings. The van der Waals surface area contributed by atoms with E-state index in [4.69, 9.17) is 13.8 Å². The number of unbranched alkanes of at least 4 members (excludes halogenated alkanes) is 26. The number of hydrogen-bond donors (Lipinski definition) is 2. The van der Waals surface area contributed by atoms with Gasteiger partial charge in [0.05, 0.1) is 33.8 Å². The second kappa shape index (κ2) is 53.6. The fraction of sp³-hybridized carbons (Fsp3) is 0.750. The van der Waals surface area contributed by atoms with Crippen LogP contribution in [-0.4, -0.2) is 74.3 Å². The molecule has 9 nitrogen and oxygen atoms in total. The highest BCUT2D eigenvalue weighted by atomic mass is 31.2. The van der Waals surface area contributed by atoms with Gasteiger partial charge in [0, 0.05) is 12.8 Å². The third-order valence-corrected chi connectivity index (χ3v) is 14.1. The molecule has 74 heavy (non-hydrogen) atoms. The van der Waals surface area contributed by atoms with Crippen molar-refractivity contribution in [2.45, 2.75) is 270 Å². The lowest BCUT2D eigenvalue weighted by atomic mass is 10.0. The maximum atomic E-state index is 13.5. The van der Waals surface area contributed by atoms with Crippen molar-refractivity contribution < 1.29 is 37.3 Å². The van der Waals surface area contributed by atoms with Crippen molar-refractivity contribution in [2.75, 3.05) is 40.9 Å². The van der Waals surface area contributed by atoms with Gasteiger partial charge < -0.3 is 19.4 Å². The summed E-state index contributed by atoms with van der Waals surface area (Å²) in [5.41, 5.74) is 0. The molecule has 0 rings (SSSR count). The highest BCUT2D eigenvalue weighted by Gasteiger charge is 2.30. The molecular weight excluding hydrogens is 940 g/mol. The lowest BCUT2D eigenvalue weighted by Gasteiger charge is -2.27. The predicted molar refractivity (Wildman–Crippen MR) is 318 cm³/mol. The summed E-state index contributed by atoms with van der Waals surface area (Å²) in [5.74, 6) is -0.599. The van der Waals surface area contributed by atoms with Crippen LogP contribution in [0.2, 0.25) is 0 Å². The van der Waals surface area contributed by atoms with Crippen LogP contribution in [0.4, 0.5) is 0 Å². The number of rotatable bonds is 54. The Morgan fingerprint density at radius 3 is 1.30 bits per heavy atom. The Bertz CT molecular complexity index is 1540. The molecule has 0 saturated heterocycles. The van der Waals surface area contributed by atoms with Crippen LogP contribution in [-0.2, 0) is 27.9 Å². The van der Waals surface area contributed by atoms with Crippen LogP contribution < -0.4 is 5.32 Å². The van der Waals surface area contributed by atoms with Crippen molar-refractivity contribution >= 4 is 19.7 Å². The zero-order valence-electron chi connectivity index (χ0n) is 48.8. The molecule has 2 N–H and O–H groups in total. The fourth-order valence-corrected chi connectivity index (χ4v) is 9.17. The second-order valence-corrected chi connectivity index (χ2v) is 23.0. The number of likely N-dealkylation sites (N-methyl/N-ethyl adjacent to an activating group) is 1. The first kappa shape index (κ1) is 71.2. The number of ether oxygens (including phenoxy) is 1. The van der Waals surface area contributed by atoms with Crippen molar-refractivity contribution in [1.82, 2.24) is 5.32 Å². The van der Waals surface area contributed by atoms with Gasteiger partial charge in [-0.25, -0.2) is 4.57 Å². The number of esters is 1. The van der Waals surface area contributed by atoms with E-state index in [1.54, 1.807) is 0 Å². The maximum absolute atomic E-state index is 13.5. The molecule has 10 heteroatoms. The van der Waals surface area contributed by atoms with Gasteiger partial charge in [-0.05, 0) is 70.3 Å². The molecule has 428 valence electrons. The molecule has 0 bridgehead atoms. The van der Waals surface area contributed by atoms with Gasteiger partial charge in [0.25, 0.3) is 0 Å². The average molecular weight is 1060 g/mol. The number of nitrogens with zero attached hydrogens (tertiary/aromatic N) is 1.